The Morgan fingerprint density at radius 1 is 1.12 bits per heavy atom. The van der Waals surface area contributed by atoms with Crippen molar-refractivity contribution in [1.82, 2.24) is 10.9 Å². The van der Waals surface area contributed by atoms with Crippen molar-refractivity contribution in [3.63, 3.8) is 0 Å². The number of hydrazine groups is 1. The molecule has 2 rings (SSSR count). The molecule has 10 heteroatoms. The molecule has 132 valence electrons. The van der Waals surface area contributed by atoms with Gasteiger partial charge in [0.05, 0.1) is 0 Å². The minimum absolute atomic E-state index is 0. The summed E-state index contributed by atoms with van der Waals surface area (Å²) in [4.78, 5) is 9.43. The molecule has 1 amide bonds. The van der Waals surface area contributed by atoms with E-state index >= 15 is 0 Å². The van der Waals surface area contributed by atoms with E-state index in [9.17, 15) is 23.4 Å². The predicted octanol–water partition coefficient (Wildman–Crippen LogP) is -1.89. The van der Waals surface area contributed by atoms with E-state index in [1.54, 1.807) is 20.8 Å². The molecule has 1 saturated heterocycles. The molecule has 0 aliphatic carbocycles. The van der Waals surface area contributed by atoms with Gasteiger partial charge in [0, 0.05) is 18.5 Å². The summed E-state index contributed by atoms with van der Waals surface area (Å²) in [5, 5.41) is 19.1. The maximum atomic E-state index is 11.2. The number of benzene rings is 1. The van der Waals surface area contributed by atoms with Crippen molar-refractivity contribution in [1.29, 1.82) is 0 Å². The van der Waals surface area contributed by atoms with Crippen LogP contribution in [0, 0.1) is 7.43 Å². The van der Waals surface area contributed by atoms with E-state index in [1.165, 1.54) is 6.07 Å². The number of hydrogen-bond acceptors (Lipinski definition) is 6. The Labute approximate surface area is 164 Å². The second kappa shape index (κ2) is 9.59. The largest absolute Gasteiger partial charge is 1.00 e. The van der Waals surface area contributed by atoms with Crippen LogP contribution in [0.5, 0.6) is 11.5 Å². The van der Waals surface area contributed by atoms with Gasteiger partial charge < -0.3 is 17.6 Å². The van der Waals surface area contributed by atoms with Crippen molar-refractivity contribution in [2.75, 3.05) is 6.54 Å². The number of phenolic OH excluding ortho intramolecular Hbond substituents is 2. The fraction of sp³-hybridized carbons (Fsp3) is 0.429. The molecule has 8 nitrogen and oxygen atoms in total. The molecule has 0 saturated carbocycles. The van der Waals surface area contributed by atoms with Crippen LogP contribution in [0.25, 0.3) is 0 Å². The van der Waals surface area contributed by atoms with Gasteiger partial charge in [0.25, 0.3) is 10.1 Å². The van der Waals surface area contributed by atoms with Gasteiger partial charge in [-0.2, -0.15) is 8.42 Å². The Kier molecular flexibility index (Phi) is 10.2. The predicted molar refractivity (Wildman–Crippen MR) is 85.5 cm³/mol. The van der Waals surface area contributed by atoms with Gasteiger partial charge in [-0.15, -0.1) is 0 Å². The molecule has 24 heavy (non-hydrogen) atoms. The molecular formula is C14H23N2NaO6S. The summed E-state index contributed by atoms with van der Waals surface area (Å²) < 4.78 is 31.4. The third-order valence-electron chi connectivity index (χ3n) is 2.83. The molecule has 1 aliphatic rings. The van der Waals surface area contributed by atoms with Crippen LogP contribution in [-0.2, 0) is 20.3 Å². The first-order chi connectivity index (χ1) is 9.94. The van der Waals surface area contributed by atoms with Gasteiger partial charge in [0.2, 0.25) is 5.91 Å². The van der Waals surface area contributed by atoms with E-state index in [2.05, 4.69) is 10.9 Å². The molecule has 0 bridgehead atoms. The zero-order valence-corrected chi connectivity index (χ0v) is 17.4. The van der Waals surface area contributed by atoms with Gasteiger partial charge >= 0.3 is 29.6 Å². The quantitative estimate of drug-likeness (QED) is 0.169. The average Bonchev–Trinajstić information content (AvgIpc) is 2.81. The Morgan fingerprint density at radius 2 is 1.62 bits per heavy atom. The zero-order chi connectivity index (χ0) is 17.1. The van der Waals surface area contributed by atoms with Crippen molar-refractivity contribution in [3.05, 3.63) is 25.1 Å². The van der Waals surface area contributed by atoms with Gasteiger partial charge in [-0.25, -0.2) is 5.43 Å². The van der Waals surface area contributed by atoms with Gasteiger partial charge in [-0.05, 0) is 17.5 Å². The van der Waals surface area contributed by atoms with Crippen LogP contribution in [0.4, 0.5) is 0 Å². The molecule has 0 unspecified atom stereocenters. The third kappa shape index (κ3) is 6.96. The smallest absolute Gasteiger partial charge is 0.508 e. The van der Waals surface area contributed by atoms with E-state index < -0.39 is 26.2 Å². The molecule has 0 aromatic heterocycles. The van der Waals surface area contributed by atoms with Crippen molar-refractivity contribution >= 4 is 16.0 Å². The molecule has 1 aliphatic heterocycles. The number of carbonyl (C=O) groups excluding carboxylic acids is 1. The summed E-state index contributed by atoms with van der Waals surface area (Å²) in [5.74, 6) is -0.766. The molecule has 0 radical (unpaired) electrons. The third-order valence-corrected chi connectivity index (χ3v) is 3.76. The number of hydrogen-bond donors (Lipinski definition) is 5. The summed E-state index contributed by atoms with van der Waals surface area (Å²) in [6.45, 7) is 5.77. The fourth-order valence-electron chi connectivity index (χ4n) is 1.95. The van der Waals surface area contributed by atoms with Crippen molar-refractivity contribution in [2.45, 2.75) is 37.5 Å². The molecule has 1 fully saturated rings. The first kappa shape index (κ1) is 25.4. The van der Waals surface area contributed by atoms with Crippen molar-refractivity contribution in [2.24, 2.45) is 0 Å². The van der Waals surface area contributed by atoms with E-state index in [0.717, 1.165) is 12.6 Å². The minimum atomic E-state index is -4.58. The van der Waals surface area contributed by atoms with E-state index in [-0.39, 0.29) is 54.2 Å². The van der Waals surface area contributed by atoms with Gasteiger partial charge in [-0.3, -0.25) is 14.8 Å². The van der Waals surface area contributed by atoms with Crippen LogP contribution >= 0.6 is 0 Å². The second-order valence-corrected chi connectivity index (χ2v) is 7.12. The van der Waals surface area contributed by atoms with Gasteiger partial charge in [-0.1, -0.05) is 20.8 Å². The molecular weight excluding hydrogens is 347 g/mol. The molecule has 1 aromatic rings. The van der Waals surface area contributed by atoms with Crippen LogP contribution < -0.4 is 40.4 Å². The van der Waals surface area contributed by atoms with E-state index in [4.69, 9.17) is 4.55 Å². The summed E-state index contributed by atoms with van der Waals surface area (Å²) in [6.07, 6.45) is 0.625. The Bertz CT molecular complexity index is 663. The normalized spacial score (nSPS) is 13.8. The van der Waals surface area contributed by atoms with Crippen LogP contribution in [0.15, 0.2) is 17.0 Å². The number of rotatable bonds is 1. The standard InChI is InChI=1S/C10H14O5S.C3H6N2O.CH3.Na/c1-10(2,3)8-6(11)4-5-7(12)9(8)16(13,14)15;6-3-1-2-4-5-3;;/h4-5,11-12H,1-3H3,(H,13,14,15);4H,1-2H2,(H,5,6);1H3;/q;;-1;+1. The topological polar surface area (TPSA) is 136 Å². The Morgan fingerprint density at radius 3 is 1.88 bits per heavy atom. The summed E-state index contributed by atoms with van der Waals surface area (Å²) in [7, 11) is -4.58. The SMILES string of the molecule is CC(C)(C)c1c(O)ccc(O)c1S(=O)(=O)O.O=C1CCNN1.[CH3-].[Na+]. The molecule has 5 N–H and O–H groups in total. The molecule has 0 spiro atoms. The average molecular weight is 370 g/mol. The summed E-state index contributed by atoms with van der Waals surface area (Å²) >= 11 is 0. The van der Waals surface area contributed by atoms with Crippen LogP contribution in [0.2, 0.25) is 0 Å². The minimum Gasteiger partial charge on any atom is -0.508 e. The first-order valence-corrected chi connectivity index (χ1v) is 7.93. The summed E-state index contributed by atoms with van der Waals surface area (Å²) in [6, 6.07) is 2.21. The number of amides is 1. The van der Waals surface area contributed by atoms with Crippen molar-refractivity contribution in [3.8, 4) is 11.5 Å². The Hall–Kier alpha value is -0.840. The van der Waals surface area contributed by atoms with Crippen molar-refractivity contribution < 1.29 is 57.5 Å². The summed E-state index contributed by atoms with van der Waals surface area (Å²) in [5.41, 5.74) is 4.37. The molecule has 0 atom stereocenters. The Balaban J connectivity index is 0. The maximum absolute atomic E-state index is 11.2. The number of phenols is 2. The zero-order valence-electron chi connectivity index (χ0n) is 14.5. The number of aromatic hydroxyl groups is 2. The molecule has 1 aromatic carbocycles. The fourth-order valence-corrected chi connectivity index (χ4v) is 2.95. The molecule has 1 heterocycles. The van der Waals surface area contributed by atoms with E-state index in [1.807, 2.05) is 0 Å². The van der Waals surface area contributed by atoms with Gasteiger partial charge in [0.1, 0.15) is 16.4 Å². The monoisotopic (exact) mass is 370 g/mol. The van der Waals surface area contributed by atoms with Crippen LogP contribution in [0.3, 0.4) is 0 Å². The van der Waals surface area contributed by atoms with Crippen LogP contribution in [0.1, 0.15) is 32.8 Å². The maximum Gasteiger partial charge on any atom is 1.00 e. The number of nitrogens with one attached hydrogen (secondary N) is 2. The van der Waals surface area contributed by atoms with Crippen LogP contribution in [-0.4, -0.2) is 35.6 Å². The van der Waals surface area contributed by atoms with E-state index in [0.29, 0.717) is 6.42 Å². The number of carbonyl (C=O) groups is 1. The van der Waals surface area contributed by atoms with Gasteiger partial charge in [0.15, 0.2) is 0 Å². The second-order valence-electron chi connectivity index (χ2n) is 5.76. The first-order valence-electron chi connectivity index (χ1n) is 6.49.